The average Bonchev–Trinajstić information content (AvgIpc) is 3.14. The number of carbonyl (C=O) groups is 1. The zero-order chi connectivity index (χ0) is 23.2. The minimum absolute atomic E-state index is 0.252. The fraction of sp³-hybridized carbons (Fsp3) is 0.360. The number of urea groups is 1. The predicted molar refractivity (Wildman–Crippen MR) is 132 cm³/mol. The van der Waals surface area contributed by atoms with Crippen molar-refractivity contribution in [2.24, 2.45) is 7.05 Å². The van der Waals surface area contributed by atoms with Crippen molar-refractivity contribution < 1.29 is 4.79 Å². The van der Waals surface area contributed by atoms with E-state index >= 15 is 0 Å². The molecule has 3 aromatic heterocycles. The van der Waals surface area contributed by atoms with Crippen LogP contribution in [0.15, 0.2) is 47.5 Å². The second kappa shape index (κ2) is 10.3. The Morgan fingerprint density at radius 3 is 2.79 bits per heavy atom. The molecule has 0 aliphatic heterocycles. The SMILES string of the molecule is CCCCCCCCNC(=O)Nc1ccc2nc(-c3cn(C)c4ncccc34)c(=O)[nH]c2c1. The van der Waals surface area contributed by atoms with Gasteiger partial charge in [0.2, 0.25) is 0 Å². The Kier molecular flexibility index (Phi) is 7.02. The van der Waals surface area contributed by atoms with Crippen LogP contribution in [0.4, 0.5) is 10.5 Å². The molecule has 0 bridgehead atoms. The van der Waals surface area contributed by atoms with Gasteiger partial charge in [0.25, 0.3) is 5.56 Å². The molecule has 3 heterocycles. The second-order valence-corrected chi connectivity index (χ2v) is 8.32. The van der Waals surface area contributed by atoms with Crippen molar-refractivity contribution in [3.8, 4) is 11.3 Å². The number of pyridine rings is 1. The molecule has 0 spiro atoms. The van der Waals surface area contributed by atoms with E-state index in [9.17, 15) is 9.59 Å². The number of benzene rings is 1. The fourth-order valence-corrected chi connectivity index (χ4v) is 4.03. The summed E-state index contributed by atoms with van der Waals surface area (Å²) in [5.74, 6) is 0. The molecule has 0 fully saturated rings. The first-order valence-corrected chi connectivity index (χ1v) is 11.6. The maximum absolute atomic E-state index is 12.8. The lowest BCUT2D eigenvalue weighted by Crippen LogP contribution is -2.29. The number of unbranched alkanes of at least 4 members (excludes halogenated alkanes) is 5. The summed E-state index contributed by atoms with van der Waals surface area (Å²) in [5, 5.41) is 6.59. The van der Waals surface area contributed by atoms with Crippen LogP contribution in [0.5, 0.6) is 0 Å². The van der Waals surface area contributed by atoms with Crippen LogP contribution >= 0.6 is 0 Å². The second-order valence-electron chi connectivity index (χ2n) is 8.32. The molecule has 0 aliphatic carbocycles. The summed E-state index contributed by atoms with van der Waals surface area (Å²) in [6, 6.07) is 8.82. The molecular weight excluding hydrogens is 416 g/mol. The molecule has 3 N–H and O–H groups in total. The summed E-state index contributed by atoms with van der Waals surface area (Å²) in [6.45, 7) is 2.85. The summed E-state index contributed by atoms with van der Waals surface area (Å²) < 4.78 is 1.88. The molecule has 8 nitrogen and oxygen atoms in total. The van der Waals surface area contributed by atoms with Crippen LogP contribution < -0.4 is 16.2 Å². The Morgan fingerprint density at radius 2 is 1.94 bits per heavy atom. The first-order valence-electron chi connectivity index (χ1n) is 11.6. The summed E-state index contributed by atoms with van der Waals surface area (Å²) in [4.78, 5) is 36.9. The van der Waals surface area contributed by atoms with Crippen LogP contribution in [0.1, 0.15) is 45.4 Å². The lowest BCUT2D eigenvalue weighted by Gasteiger charge is -2.09. The van der Waals surface area contributed by atoms with E-state index in [4.69, 9.17) is 0 Å². The third kappa shape index (κ3) is 5.22. The highest BCUT2D eigenvalue weighted by atomic mass is 16.2. The third-order valence-corrected chi connectivity index (χ3v) is 5.75. The minimum Gasteiger partial charge on any atom is -0.338 e. The van der Waals surface area contributed by atoms with Crippen molar-refractivity contribution in [3.63, 3.8) is 0 Å². The highest BCUT2D eigenvalue weighted by Crippen LogP contribution is 2.26. The number of aromatic nitrogens is 4. The third-order valence-electron chi connectivity index (χ3n) is 5.75. The highest BCUT2D eigenvalue weighted by molar-refractivity contribution is 5.95. The van der Waals surface area contributed by atoms with Crippen LogP contribution in [0.3, 0.4) is 0 Å². The minimum atomic E-state index is -0.288. The molecule has 4 rings (SSSR count). The number of nitrogens with one attached hydrogen (secondary N) is 3. The van der Waals surface area contributed by atoms with E-state index in [1.165, 1.54) is 25.7 Å². The summed E-state index contributed by atoms with van der Waals surface area (Å²) >= 11 is 0. The van der Waals surface area contributed by atoms with Gasteiger partial charge in [0.15, 0.2) is 0 Å². The van der Waals surface area contributed by atoms with Crippen molar-refractivity contribution in [2.45, 2.75) is 45.4 Å². The van der Waals surface area contributed by atoms with E-state index in [2.05, 4.69) is 32.5 Å². The summed E-state index contributed by atoms with van der Waals surface area (Å²) in [5.41, 5.74) is 3.39. The van der Waals surface area contributed by atoms with E-state index in [1.54, 1.807) is 24.4 Å². The Balaban J connectivity index is 1.45. The fourth-order valence-electron chi connectivity index (χ4n) is 4.03. The van der Waals surface area contributed by atoms with Gasteiger partial charge in [0.1, 0.15) is 11.3 Å². The molecule has 0 aliphatic rings. The summed E-state index contributed by atoms with van der Waals surface area (Å²) in [6.07, 6.45) is 10.7. The van der Waals surface area contributed by atoms with Gasteiger partial charge in [0.05, 0.1) is 11.0 Å². The topological polar surface area (TPSA) is 105 Å². The van der Waals surface area contributed by atoms with Crippen molar-refractivity contribution in [1.82, 2.24) is 24.8 Å². The maximum atomic E-state index is 12.8. The van der Waals surface area contributed by atoms with Gasteiger partial charge < -0.3 is 20.2 Å². The summed E-state index contributed by atoms with van der Waals surface area (Å²) in [7, 11) is 1.89. The van der Waals surface area contributed by atoms with Crippen LogP contribution in [-0.4, -0.2) is 32.1 Å². The molecule has 0 atom stereocenters. The highest BCUT2D eigenvalue weighted by Gasteiger charge is 2.15. The number of fused-ring (bicyclic) bond motifs is 2. The first kappa shape index (κ1) is 22.5. The Labute approximate surface area is 192 Å². The zero-order valence-electron chi connectivity index (χ0n) is 19.1. The lowest BCUT2D eigenvalue weighted by atomic mass is 10.1. The molecule has 1 aromatic carbocycles. The smallest absolute Gasteiger partial charge is 0.319 e. The van der Waals surface area contributed by atoms with Gasteiger partial charge >= 0.3 is 6.03 Å². The number of nitrogens with zero attached hydrogens (tertiary/aromatic N) is 3. The lowest BCUT2D eigenvalue weighted by molar-refractivity contribution is 0.252. The molecule has 0 saturated heterocycles. The number of H-pyrrole nitrogens is 1. The number of carbonyl (C=O) groups excluding carboxylic acids is 1. The van der Waals surface area contributed by atoms with E-state index < -0.39 is 0 Å². The van der Waals surface area contributed by atoms with E-state index in [1.807, 2.05) is 29.9 Å². The largest absolute Gasteiger partial charge is 0.338 e. The number of hydrogen-bond donors (Lipinski definition) is 3. The number of hydrogen-bond acceptors (Lipinski definition) is 4. The van der Waals surface area contributed by atoms with Gasteiger partial charge in [-0.05, 0) is 36.8 Å². The molecule has 33 heavy (non-hydrogen) atoms. The molecule has 0 radical (unpaired) electrons. The Morgan fingerprint density at radius 1 is 1.12 bits per heavy atom. The molecular formula is C25H30N6O2. The first-order chi connectivity index (χ1) is 16.1. The number of anilines is 1. The van der Waals surface area contributed by atoms with Crippen molar-refractivity contribution in [1.29, 1.82) is 0 Å². The predicted octanol–water partition coefficient (Wildman–Crippen LogP) is 4.96. The van der Waals surface area contributed by atoms with Gasteiger partial charge in [-0.25, -0.2) is 14.8 Å². The molecule has 2 amide bonds. The number of aromatic amines is 1. The van der Waals surface area contributed by atoms with E-state index in [-0.39, 0.29) is 11.6 Å². The number of aryl methyl sites for hydroxylation is 1. The average molecular weight is 447 g/mol. The van der Waals surface area contributed by atoms with Crippen LogP contribution in [0.2, 0.25) is 0 Å². The van der Waals surface area contributed by atoms with Gasteiger partial charge in [0, 0.05) is 42.6 Å². The maximum Gasteiger partial charge on any atom is 0.319 e. The van der Waals surface area contributed by atoms with Crippen molar-refractivity contribution in [3.05, 3.63) is 53.1 Å². The molecule has 4 aromatic rings. The molecule has 8 heteroatoms. The van der Waals surface area contributed by atoms with Crippen LogP contribution in [0.25, 0.3) is 33.3 Å². The quantitative estimate of drug-likeness (QED) is 0.316. The number of amides is 2. The number of rotatable bonds is 9. The zero-order valence-corrected chi connectivity index (χ0v) is 19.1. The van der Waals surface area contributed by atoms with Gasteiger partial charge in [-0.2, -0.15) is 0 Å². The van der Waals surface area contributed by atoms with Gasteiger partial charge in [-0.1, -0.05) is 39.0 Å². The van der Waals surface area contributed by atoms with Crippen LogP contribution in [-0.2, 0) is 7.05 Å². The molecule has 0 saturated carbocycles. The Bertz CT molecular complexity index is 1320. The normalized spacial score (nSPS) is 11.2. The monoisotopic (exact) mass is 446 g/mol. The van der Waals surface area contributed by atoms with Gasteiger partial charge in [-0.15, -0.1) is 0 Å². The molecule has 0 unspecified atom stereocenters. The van der Waals surface area contributed by atoms with E-state index in [0.29, 0.717) is 29.0 Å². The van der Waals surface area contributed by atoms with Crippen molar-refractivity contribution in [2.75, 3.05) is 11.9 Å². The Hall–Kier alpha value is -3.68. The standard InChI is InChI=1S/C25H30N6O2/c1-3-4-5-6-7-8-13-27-25(33)28-17-11-12-20-21(15-17)30-24(32)22(29-20)19-16-31(2)23-18(19)10-9-14-26-23/h9-12,14-16H,3-8,13H2,1-2H3,(H,30,32)(H2,27,28,33). The van der Waals surface area contributed by atoms with Crippen molar-refractivity contribution >= 4 is 33.8 Å². The molecule has 172 valence electrons. The van der Waals surface area contributed by atoms with Crippen LogP contribution in [0, 0.1) is 0 Å². The van der Waals surface area contributed by atoms with E-state index in [0.717, 1.165) is 29.4 Å². The van der Waals surface area contributed by atoms with Gasteiger partial charge in [-0.3, -0.25) is 4.79 Å².